The van der Waals surface area contributed by atoms with Gasteiger partial charge in [0.1, 0.15) is 5.65 Å². The van der Waals surface area contributed by atoms with Crippen LogP contribution in [0.1, 0.15) is 39.1 Å². The fourth-order valence-electron chi connectivity index (χ4n) is 3.09. The number of aromatic nitrogens is 2. The zero-order valence-corrected chi connectivity index (χ0v) is 19.1. The quantitative estimate of drug-likeness (QED) is 0.370. The Balaban J connectivity index is 0.00000338. The summed E-state index contributed by atoms with van der Waals surface area (Å²) in [4.78, 5) is 11.4. The Kier molecular flexibility index (Phi) is 9.35. The number of pyridine rings is 1. The van der Waals surface area contributed by atoms with Crippen LogP contribution in [0.2, 0.25) is 0 Å². The van der Waals surface area contributed by atoms with E-state index in [4.69, 9.17) is 0 Å². The maximum Gasteiger partial charge on any atom is 0.191 e. The minimum Gasteiger partial charge on any atom is -0.355 e. The van der Waals surface area contributed by atoms with Gasteiger partial charge in [-0.05, 0) is 46.8 Å². The zero-order valence-electron chi connectivity index (χ0n) is 16.8. The van der Waals surface area contributed by atoms with Crippen molar-refractivity contribution in [2.75, 3.05) is 20.1 Å². The first-order chi connectivity index (χ1) is 11.9. The monoisotopic (exact) mass is 472 g/mol. The number of halogens is 1. The molecule has 6 nitrogen and oxygen atoms in total. The molecule has 0 spiro atoms. The van der Waals surface area contributed by atoms with Crippen LogP contribution in [-0.4, -0.2) is 52.5 Å². The molecule has 0 radical (unpaired) electrons. The van der Waals surface area contributed by atoms with E-state index >= 15 is 0 Å². The van der Waals surface area contributed by atoms with E-state index in [1.54, 1.807) is 7.05 Å². The summed E-state index contributed by atoms with van der Waals surface area (Å²) in [5.74, 6) is 0.807. The molecule has 146 valence electrons. The molecule has 0 aliphatic heterocycles. The lowest BCUT2D eigenvalue weighted by molar-refractivity contribution is 0.178. The van der Waals surface area contributed by atoms with Crippen molar-refractivity contribution in [1.82, 2.24) is 24.9 Å². The lowest BCUT2D eigenvalue weighted by Gasteiger charge is -2.30. The highest BCUT2D eigenvalue weighted by Crippen LogP contribution is 2.08. The van der Waals surface area contributed by atoms with Crippen LogP contribution in [0.5, 0.6) is 0 Å². The number of guanidine groups is 1. The van der Waals surface area contributed by atoms with Crippen LogP contribution in [0.15, 0.2) is 29.4 Å². The highest BCUT2D eigenvalue weighted by atomic mass is 127. The van der Waals surface area contributed by atoms with E-state index < -0.39 is 0 Å². The van der Waals surface area contributed by atoms with E-state index in [0.29, 0.717) is 18.6 Å². The number of hydrogen-bond donors (Lipinski definition) is 2. The number of aliphatic imine (C=N–C) groups is 1. The van der Waals surface area contributed by atoms with Crippen LogP contribution in [0.25, 0.3) is 5.65 Å². The van der Waals surface area contributed by atoms with Crippen molar-refractivity contribution in [2.45, 2.75) is 53.2 Å². The second-order valence-corrected chi connectivity index (χ2v) is 6.91. The minimum absolute atomic E-state index is 0. The molecule has 0 amide bonds. The molecule has 0 bridgehead atoms. The number of hydrogen-bond acceptors (Lipinski definition) is 3. The van der Waals surface area contributed by atoms with Crippen LogP contribution < -0.4 is 10.6 Å². The Labute approximate surface area is 174 Å². The van der Waals surface area contributed by atoms with Crippen molar-refractivity contribution in [3.8, 4) is 0 Å². The average molecular weight is 472 g/mol. The number of nitrogens with zero attached hydrogens (tertiary/aromatic N) is 4. The molecular formula is C19H33IN6. The molecule has 0 aliphatic carbocycles. The first kappa shape index (κ1) is 22.7. The third-order valence-electron chi connectivity index (χ3n) is 4.40. The van der Waals surface area contributed by atoms with Crippen LogP contribution >= 0.6 is 24.0 Å². The third kappa shape index (κ3) is 6.12. The SMILES string of the molecule is CN=C(NCCN(C(C)C)C(C)C)NCc1cn2c(C)cccc2n1.I. The molecule has 0 unspecified atom stereocenters. The van der Waals surface area contributed by atoms with E-state index in [2.05, 4.69) is 76.8 Å². The Morgan fingerprint density at radius 3 is 2.46 bits per heavy atom. The van der Waals surface area contributed by atoms with Gasteiger partial charge < -0.3 is 15.0 Å². The molecule has 7 heteroatoms. The Hall–Kier alpha value is -1.35. The van der Waals surface area contributed by atoms with E-state index in [9.17, 15) is 0 Å². The fourth-order valence-corrected chi connectivity index (χ4v) is 3.09. The number of fused-ring (bicyclic) bond motifs is 1. The maximum atomic E-state index is 4.64. The molecule has 0 aliphatic rings. The van der Waals surface area contributed by atoms with E-state index in [0.717, 1.165) is 30.4 Å². The predicted molar refractivity (Wildman–Crippen MR) is 121 cm³/mol. The van der Waals surface area contributed by atoms with Crippen LogP contribution in [0, 0.1) is 6.92 Å². The fraction of sp³-hybridized carbons (Fsp3) is 0.579. The summed E-state index contributed by atoms with van der Waals surface area (Å²) in [5, 5.41) is 6.73. The van der Waals surface area contributed by atoms with Gasteiger partial charge in [0.25, 0.3) is 0 Å². The molecule has 2 aromatic rings. The van der Waals surface area contributed by atoms with Crippen molar-refractivity contribution >= 4 is 35.6 Å². The predicted octanol–water partition coefficient (Wildman–Crippen LogP) is 3.04. The smallest absolute Gasteiger partial charge is 0.191 e. The first-order valence-electron chi connectivity index (χ1n) is 9.06. The lowest BCUT2D eigenvalue weighted by Crippen LogP contribution is -2.45. The van der Waals surface area contributed by atoms with Crippen molar-refractivity contribution in [1.29, 1.82) is 0 Å². The zero-order chi connectivity index (χ0) is 18.4. The van der Waals surface area contributed by atoms with Gasteiger partial charge in [-0.15, -0.1) is 24.0 Å². The Morgan fingerprint density at radius 2 is 1.88 bits per heavy atom. The van der Waals surface area contributed by atoms with Crippen LogP contribution in [0.4, 0.5) is 0 Å². The molecule has 0 aromatic carbocycles. The highest BCUT2D eigenvalue weighted by Gasteiger charge is 2.12. The number of nitrogens with one attached hydrogen (secondary N) is 2. The standard InChI is InChI=1S/C19H32N6.HI/c1-14(2)24(15(3)4)11-10-21-19(20-6)22-12-17-13-25-16(5)8-7-9-18(25)23-17;/h7-9,13-15H,10-12H2,1-6H3,(H2,20,21,22);1H. The largest absolute Gasteiger partial charge is 0.355 e. The van der Waals surface area contributed by atoms with Crippen molar-refractivity contribution in [3.05, 3.63) is 35.8 Å². The van der Waals surface area contributed by atoms with Gasteiger partial charge in [0.2, 0.25) is 0 Å². The summed E-state index contributed by atoms with van der Waals surface area (Å²) in [6.45, 7) is 13.5. The van der Waals surface area contributed by atoms with Gasteiger partial charge >= 0.3 is 0 Å². The Morgan fingerprint density at radius 1 is 1.19 bits per heavy atom. The minimum atomic E-state index is 0. The number of imidazole rings is 1. The van der Waals surface area contributed by atoms with Crippen molar-refractivity contribution in [3.63, 3.8) is 0 Å². The van der Waals surface area contributed by atoms with E-state index in [1.165, 1.54) is 5.69 Å². The molecule has 0 saturated carbocycles. The summed E-state index contributed by atoms with van der Waals surface area (Å²) < 4.78 is 2.11. The van der Waals surface area contributed by atoms with Crippen LogP contribution in [-0.2, 0) is 6.54 Å². The third-order valence-corrected chi connectivity index (χ3v) is 4.40. The molecule has 2 aromatic heterocycles. The van der Waals surface area contributed by atoms with Gasteiger partial charge in [-0.25, -0.2) is 4.98 Å². The lowest BCUT2D eigenvalue weighted by atomic mass is 10.2. The highest BCUT2D eigenvalue weighted by molar-refractivity contribution is 14.0. The second-order valence-electron chi connectivity index (χ2n) is 6.91. The first-order valence-corrected chi connectivity index (χ1v) is 9.06. The van der Waals surface area contributed by atoms with Gasteiger partial charge in [-0.2, -0.15) is 0 Å². The molecule has 0 saturated heterocycles. The van der Waals surface area contributed by atoms with Crippen LogP contribution in [0.3, 0.4) is 0 Å². The van der Waals surface area contributed by atoms with E-state index in [1.807, 2.05) is 12.1 Å². The molecule has 26 heavy (non-hydrogen) atoms. The molecular weight excluding hydrogens is 439 g/mol. The van der Waals surface area contributed by atoms with E-state index in [-0.39, 0.29) is 24.0 Å². The summed E-state index contributed by atoms with van der Waals surface area (Å²) in [6.07, 6.45) is 2.07. The van der Waals surface area contributed by atoms with Gasteiger partial charge in [0, 0.05) is 44.1 Å². The number of rotatable bonds is 7. The molecule has 2 rings (SSSR count). The van der Waals surface area contributed by atoms with Gasteiger partial charge in [-0.3, -0.25) is 9.89 Å². The maximum absolute atomic E-state index is 4.64. The van der Waals surface area contributed by atoms with Gasteiger partial charge in [0.05, 0.1) is 12.2 Å². The summed E-state index contributed by atoms with van der Waals surface area (Å²) >= 11 is 0. The molecule has 0 atom stereocenters. The normalized spacial score (nSPS) is 12.1. The average Bonchev–Trinajstić information content (AvgIpc) is 2.98. The summed E-state index contributed by atoms with van der Waals surface area (Å²) in [5.41, 5.74) is 3.16. The molecule has 2 heterocycles. The van der Waals surface area contributed by atoms with Gasteiger partial charge in [0.15, 0.2) is 5.96 Å². The van der Waals surface area contributed by atoms with Gasteiger partial charge in [-0.1, -0.05) is 6.07 Å². The second kappa shape index (κ2) is 10.7. The summed E-state index contributed by atoms with van der Waals surface area (Å²) in [6, 6.07) is 7.22. The Bertz CT molecular complexity index is 699. The van der Waals surface area contributed by atoms with Crippen molar-refractivity contribution < 1.29 is 0 Å². The topological polar surface area (TPSA) is 57.0 Å². The molecule has 0 fully saturated rings. The molecule has 2 N–H and O–H groups in total. The van der Waals surface area contributed by atoms with Crippen molar-refractivity contribution in [2.24, 2.45) is 4.99 Å². The summed E-state index contributed by atoms with van der Waals surface area (Å²) in [7, 11) is 1.80. The number of aryl methyl sites for hydroxylation is 1.